The molecule has 0 fully saturated rings. The van der Waals surface area contributed by atoms with Crippen molar-refractivity contribution in [3.8, 4) is 0 Å². The summed E-state index contributed by atoms with van der Waals surface area (Å²) in [5.74, 6) is 0.309. The summed E-state index contributed by atoms with van der Waals surface area (Å²) in [6.45, 7) is 3.09. The Labute approximate surface area is 131 Å². The molecule has 0 saturated heterocycles. The molecule has 1 unspecified atom stereocenters. The molecule has 1 atom stereocenters. The Morgan fingerprint density at radius 2 is 2.05 bits per heavy atom. The van der Waals surface area contributed by atoms with E-state index in [1.165, 1.54) is 0 Å². The van der Waals surface area contributed by atoms with Crippen molar-refractivity contribution in [2.75, 3.05) is 26.8 Å². The van der Waals surface area contributed by atoms with E-state index in [-0.39, 0.29) is 30.5 Å². The van der Waals surface area contributed by atoms with Crippen molar-refractivity contribution in [2.24, 2.45) is 10.7 Å². The molecule has 0 radical (unpaired) electrons. The van der Waals surface area contributed by atoms with E-state index >= 15 is 0 Å². The van der Waals surface area contributed by atoms with E-state index in [9.17, 15) is 5.11 Å². The first-order chi connectivity index (χ1) is 8.56. The summed E-state index contributed by atoms with van der Waals surface area (Å²) in [4.78, 5) is 4.12. The number of hydrogen-bond acceptors (Lipinski definition) is 3. The van der Waals surface area contributed by atoms with Crippen molar-refractivity contribution < 1.29 is 9.84 Å². The van der Waals surface area contributed by atoms with Gasteiger partial charge in [-0.05, 0) is 12.5 Å². The van der Waals surface area contributed by atoms with E-state index in [4.69, 9.17) is 10.5 Å². The third kappa shape index (κ3) is 6.74. The summed E-state index contributed by atoms with van der Waals surface area (Å²) in [6, 6.07) is 9.40. The van der Waals surface area contributed by atoms with Crippen molar-refractivity contribution in [2.45, 2.75) is 12.5 Å². The van der Waals surface area contributed by atoms with Gasteiger partial charge in [0.05, 0.1) is 13.2 Å². The number of methoxy groups -OCH3 is 1. The predicted octanol–water partition coefficient (Wildman–Crippen LogP) is 1.06. The third-order valence-electron chi connectivity index (χ3n) is 2.57. The molecule has 0 amide bonds. The first-order valence-corrected chi connectivity index (χ1v) is 5.87. The summed E-state index contributed by atoms with van der Waals surface area (Å²) in [6.07, 6.45) is 0. The van der Waals surface area contributed by atoms with Crippen LogP contribution in [0.25, 0.3) is 0 Å². The van der Waals surface area contributed by atoms with Crippen LogP contribution in [0.5, 0.6) is 0 Å². The minimum absolute atomic E-state index is 0. The van der Waals surface area contributed by atoms with Crippen LogP contribution >= 0.6 is 24.0 Å². The number of aliphatic hydroxyl groups is 1. The topological polar surface area (TPSA) is 79.9 Å². The van der Waals surface area contributed by atoms with E-state index in [2.05, 4.69) is 10.3 Å². The fourth-order valence-electron chi connectivity index (χ4n) is 1.46. The largest absolute Gasteiger partial charge is 0.384 e. The number of nitrogens with one attached hydrogen (secondary N) is 1. The molecule has 0 aliphatic rings. The molecule has 1 rings (SSSR count). The van der Waals surface area contributed by atoms with Crippen molar-refractivity contribution >= 4 is 29.9 Å². The first kappa shape index (κ1) is 18.1. The second-order valence-electron chi connectivity index (χ2n) is 4.26. The number of hydrogen-bond donors (Lipinski definition) is 3. The normalized spacial score (nSPS) is 14.4. The highest BCUT2D eigenvalue weighted by molar-refractivity contribution is 14.0. The van der Waals surface area contributed by atoms with Crippen molar-refractivity contribution in [3.05, 3.63) is 35.9 Å². The van der Waals surface area contributed by atoms with E-state index in [0.29, 0.717) is 19.1 Å². The molecule has 1 aromatic rings. The van der Waals surface area contributed by atoms with Gasteiger partial charge in [-0.15, -0.1) is 24.0 Å². The number of nitrogens with zero attached hydrogens (tertiary/aromatic N) is 1. The maximum atomic E-state index is 10.3. The second kappa shape index (κ2) is 9.11. The average Bonchev–Trinajstić information content (AvgIpc) is 2.38. The molecule has 1 aromatic carbocycles. The fraction of sp³-hybridized carbons (Fsp3) is 0.462. The molecule has 0 aliphatic heterocycles. The molecular weight excluding hydrogens is 357 g/mol. The lowest BCUT2D eigenvalue weighted by Crippen LogP contribution is -2.36. The first-order valence-electron chi connectivity index (χ1n) is 5.87. The Hall–Kier alpha value is -0.860. The molecular formula is C13H22IN3O2. The highest BCUT2D eigenvalue weighted by Crippen LogP contribution is 2.20. The molecule has 108 valence electrons. The summed E-state index contributed by atoms with van der Waals surface area (Å²) in [5, 5.41) is 13.2. The Balaban J connectivity index is 0.00000324. The molecule has 4 N–H and O–H groups in total. The van der Waals surface area contributed by atoms with Crippen LogP contribution in [0.15, 0.2) is 35.3 Å². The molecule has 19 heavy (non-hydrogen) atoms. The van der Waals surface area contributed by atoms with Gasteiger partial charge in [0.25, 0.3) is 0 Å². The molecule has 0 spiro atoms. The molecule has 0 heterocycles. The molecule has 0 bridgehead atoms. The van der Waals surface area contributed by atoms with Crippen LogP contribution < -0.4 is 11.1 Å². The van der Waals surface area contributed by atoms with Gasteiger partial charge in [-0.3, -0.25) is 4.99 Å². The Morgan fingerprint density at radius 3 is 2.63 bits per heavy atom. The zero-order valence-corrected chi connectivity index (χ0v) is 13.6. The van der Waals surface area contributed by atoms with Crippen LogP contribution in [0.2, 0.25) is 0 Å². The van der Waals surface area contributed by atoms with Gasteiger partial charge in [0.1, 0.15) is 5.60 Å². The minimum atomic E-state index is -1.02. The van der Waals surface area contributed by atoms with E-state index in [0.717, 1.165) is 5.56 Å². The van der Waals surface area contributed by atoms with Gasteiger partial charge in [-0.2, -0.15) is 0 Å². The Kier molecular flexibility index (Phi) is 8.70. The number of ether oxygens (including phenoxy) is 1. The van der Waals surface area contributed by atoms with Crippen LogP contribution in [-0.4, -0.2) is 37.9 Å². The zero-order chi connectivity index (χ0) is 13.4. The average molecular weight is 379 g/mol. The van der Waals surface area contributed by atoms with Crippen molar-refractivity contribution in [1.82, 2.24) is 5.32 Å². The summed E-state index contributed by atoms with van der Waals surface area (Å²) in [7, 11) is 1.62. The van der Waals surface area contributed by atoms with Crippen LogP contribution in [0.4, 0.5) is 0 Å². The predicted molar refractivity (Wildman–Crippen MR) is 87.8 cm³/mol. The van der Waals surface area contributed by atoms with Crippen molar-refractivity contribution in [3.63, 3.8) is 0 Å². The number of halogens is 1. The monoisotopic (exact) mass is 379 g/mol. The van der Waals surface area contributed by atoms with Gasteiger partial charge in [0.2, 0.25) is 0 Å². The van der Waals surface area contributed by atoms with E-state index in [1.807, 2.05) is 30.3 Å². The van der Waals surface area contributed by atoms with Gasteiger partial charge >= 0.3 is 0 Å². The van der Waals surface area contributed by atoms with Crippen LogP contribution in [0.1, 0.15) is 12.5 Å². The number of benzene rings is 1. The Bertz CT molecular complexity index is 383. The second-order valence-corrected chi connectivity index (χ2v) is 4.26. The van der Waals surface area contributed by atoms with E-state index in [1.54, 1.807) is 14.0 Å². The van der Waals surface area contributed by atoms with Crippen molar-refractivity contribution in [1.29, 1.82) is 0 Å². The maximum Gasteiger partial charge on any atom is 0.188 e. The van der Waals surface area contributed by atoms with Gasteiger partial charge < -0.3 is 20.9 Å². The van der Waals surface area contributed by atoms with Gasteiger partial charge in [-0.1, -0.05) is 30.3 Å². The SMILES string of the molecule is COCCNC(N)=NCC(C)(O)c1ccccc1.I. The number of aliphatic imine (C=N–C) groups is 1. The van der Waals surface area contributed by atoms with Gasteiger partial charge in [0.15, 0.2) is 5.96 Å². The fourth-order valence-corrected chi connectivity index (χ4v) is 1.46. The number of nitrogens with two attached hydrogens (primary N) is 1. The molecule has 0 saturated carbocycles. The number of guanidine groups is 1. The van der Waals surface area contributed by atoms with Gasteiger partial charge in [-0.25, -0.2) is 0 Å². The third-order valence-corrected chi connectivity index (χ3v) is 2.57. The summed E-state index contributed by atoms with van der Waals surface area (Å²) >= 11 is 0. The molecule has 0 aliphatic carbocycles. The van der Waals surface area contributed by atoms with Gasteiger partial charge in [0, 0.05) is 13.7 Å². The van der Waals surface area contributed by atoms with Crippen LogP contribution in [0, 0.1) is 0 Å². The minimum Gasteiger partial charge on any atom is -0.384 e. The lowest BCUT2D eigenvalue weighted by molar-refractivity contribution is 0.0673. The highest BCUT2D eigenvalue weighted by Gasteiger charge is 2.22. The quantitative estimate of drug-likeness (QED) is 0.299. The summed E-state index contributed by atoms with van der Waals surface area (Å²) in [5.41, 5.74) is 5.47. The molecule has 6 heteroatoms. The lowest BCUT2D eigenvalue weighted by Gasteiger charge is -2.21. The summed E-state index contributed by atoms with van der Waals surface area (Å²) < 4.78 is 4.88. The highest BCUT2D eigenvalue weighted by atomic mass is 127. The number of rotatable bonds is 6. The standard InChI is InChI=1S/C13H21N3O2.HI/c1-13(17,11-6-4-3-5-7-11)10-16-12(14)15-8-9-18-2;/h3-7,17H,8-10H2,1-2H3,(H3,14,15,16);1H. The lowest BCUT2D eigenvalue weighted by atomic mass is 9.96. The molecule has 5 nitrogen and oxygen atoms in total. The van der Waals surface area contributed by atoms with Crippen LogP contribution in [0.3, 0.4) is 0 Å². The smallest absolute Gasteiger partial charge is 0.188 e. The maximum absolute atomic E-state index is 10.3. The zero-order valence-electron chi connectivity index (χ0n) is 11.3. The van der Waals surface area contributed by atoms with E-state index < -0.39 is 5.60 Å². The molecule has 0 aromatic heterocycles. The Morgan fingerprint density at radius 1 is 1.42 bits per heavy atom. The van der Waals surface area contributed by atoms with Crippen LogP contribution in [-0.2, 0) is 10.3 Å².